The van der Waals surface area contributed by atoms with E-state index in [0.717, 1.165) is 11.6 Å². The number of benzene rings is 2. The van der Waals surface area contributed by atoms with Crippen LogP contribution in [0.1, 0.15) is 28.5 Å². The first-order chi connectivity index (χ1) is 12.8. The van der Waals surface area contributed by atoms with Gasteiger partial charge in [0.15, 0.2) is 0 Å². The van der Waals surface area contributed by atoms with Crippen molar-refractivity contribution in [2.45, 2.75) is 19.7 Å². The predicted octanol–water partition coefficient (Wildman–Crippen LogP) is 4.95. The maximum atomic E-state index is 13.4. The molecule has 0 radical (unpaired) electrons. The summed E-state index contributed by atoms with van der Waals surface area (Å²) in [6.45, 7) is 1.96. The SMILES string of the molecule is CCOC(=O)c1cc2c(C(F)(F)F)ccc(OCc3ccccc3)c2n1C. The predicted molar refractivity (Wildman–Crippen MR) is 94.7 cm³/mol. The van der Waals surface area contributed by atoms with Gasteiger partial charge in [-0.25, -0.2) is 4.79 Å². The Balaban J connectivity index is 2.10. The van der Waals surface area contributed by atoms with Crippen LogP contribution in [-0.4, -0.2) is 17.1 Å². The van der Waals surface area contributed by atoms with E-state index in [0.29, 0.717) is 0 Å². The Labute approximate surface area is 154 Å². The number of fused-ring (bicyclic) bond motifs is 1. The maximum absolute atomic E-state index is 13.4. The number of aryl methyl sites for hydroxylation is 1. The van der Waals surface area contributed by atoms with E-state index in [-0.39, 0.29) is 35.6 Å². The number of hydrogen-bond donors (Lipinski definition) is 0. The first kappa shape index (κ1) is 18.8. The minimum absolute atomic E-state index is 0.0353. The summed E-state index contributed by atoms with van der Waals surface area (Å²) in [7, 11) is 1.52. The zero-order chi connectivity index (χ0) is 19.6. The van der Waals surface area contributed by atoms with Crippen LogP contribution in [0.4, 0.5) is 13.2 Å². The lowest BCUT2D eigenvalue weighted by Crippen LogP contribution is -2.10. The Hall–Kier alpha value is -2.96. The first-order valence-electron chi connectivity index (χ1n) is 8.36. The number of ether oxygens (including phenoxy) is 2. The van der Waals surface area contributed by atoms with Crippen molar-refractivity contribution in [3.63, 3.8) is 0 Å². The van der Waals surface area contributed by atoms with E-state index in [1.54, 1.807) is 6.92 Å². The number of halogens is 3. The average molecular weight is 377 g/mol. The van der Waals surface area contributed by atoms with E-state index in [2.05, 4.69) is 0 Å². The van der Waals surface area contributed by atoms with Crippen LogP contribution in [-0.2, 0) is 24.6 Å². The van der Waals surface area contributed by atoms with Gasteiger partial charge in [-0.05, 0) is 30.7 Å². The summed E-state index contributed by atoms with van der Waals surface area (Å²) in [5.74, 6) is -0.418. The van der Waals surface area contributed by atoms with Crippen LogP contribution in [0.5, 0.6) is 5.75 Å². The monoisotopic (exact) mass is 377 g/mol. The maximum Gasteiger partial charge on any atom is 0.417 e. The lowest BCUT2D eigenvalue weighted by atomic mass is 10.1. The molecule has 27 heavy (non-hydrogen) atoms. The van der Waals surface area contributed by atoms with Crippen molar-refractivity contribution in [3.8, 4) is 5.75 Å². The van der Waals surface area contributed by atoms with Gasteiger partial charge >= 0.3 is 12.1 Å². The Morgan fingerprint density at radius 3 is 2.44 bits per heavy atom. The van der Waals surface area contributed by atoms with Crippen molar-refractivity contribution in [2.24, 2.45) is 7.05 Å². The molecule has 3 aromatic rings. The summed E-state index contributed by atoms with van der Waals surface area (Å²) >= 11 is 0. The summed E-state index contributed by atoms with van der Waals surface area (Å²) in [6.07, 6.45) is -4.55. The summed E-state index contributed by atoms with van der Waals surface area (Å²) in [5.41, 5.74) is 0.290. The fourth-order valence-corrected chi connectivity index (χ4v) is 2.93. The molecule has 0 aliphatic carbocycles. The molecular weight excluding hydrogens is 359 g/mol. The molecular formula is C20H18F3NO3. The summed E-state index contributed by atoms with van der Waals surface area (Å²) in [6, 6.07) is 12.7. The van der Waals surface area contributed by atoms with Gasteiger partial charge in [-0.15, -0.1) is 0 Å². The molecule has 0 bridgehead atoms. The van der Waals surface area contributed by atoms with Gasteiger partial charge in [-0.2, -0.15) is 13.2 Å². The Kier molecular flexibility index (Phi) is 5.12. The fourth-order valence-electron chi connectivity index (χ4n) is 2.93. The quantitative estimate of drug-likeness (QED) is 0.591. The zero-order valence-electron chi connectivity index (χ0n) is 14.8. The van der Waals surface area contributed by atoms with Crippen molar-refractivity contribution >= 4 is 16.9 Å². The smallest absolute Gasteiger partial charge is 0.417 e. The third kappa shape index (κ3) is 3.77. The van der Waals surface area contributed by atoms with Gasteiger partial charge in [0.25, 0.3) is 0 Å². The number of carbonyl (C=O) groups is 1. The number of nitrogens with zero attached hydrogens (tertiary/aromatic N) is 1. The van der Waals surface area contributed by atoms with Gasteiger partial charge in [0.1, 0.15) is 18.1 Å². The summed E-state index contributed by atoms with van der Waals surface area (Å²) in [5, 5.41) is -0.0985. The molecule has 0 N–H and O–H groups in total. The average Bonchev–Trinajstić information content (AvgIpc) is 2.98. The van der Waals surface area contributed by atoms with Gasteiger partial charge in [0, 0.05) is 12.4 Å². The van der Waals surface area contributed by atoms with E-state index >= 15 is 0 Å². The van der Waals surface area contributed by atoms with Crippen molar-refractivity contribution in [1.29, 1.82) is 0 Å². The normalized spacial score (nSPS) is 11.6. The zero-order valence-corrected chi connectivity index (χ0v) is 14.8. The molecule has 0 aliphatic heterocycles. The van der Waals surface area contributed by atoms with Gasteiger partial charge in [0.2, 0.25) is 0 Å². The van der Waals surface area contributed by atoms with E-state index in [9.17, 15) is 18.0 Å². The minimum Gasteiger partial charge on any atom is -0.487 e. The molecule has 1 aromatic heterocycles. The summed E-state index contributed by atoms with van der Waals surface area (Å²) < 4.78 is 52.4. The Morgan fingerprint density at radius 2 is 1.81 bits per heavy atom. The van der Waals surface area contributed by atoms with Gasteiger partial charge < -0.3 is 14.0 Å². The van der Waals surface area contributed by atoms with Gasteiger partial charge in [0.05, 0.1) is 17.7 Å². The molecule has 0 saturated carbocycles. The van der Waals surface area contributed by atoms with E-state index in [4.69, 9.17) is 9.47 Å². The number of rotatable bonds is 5. The largest absolute Gasteiger partial charge is 0.487 e. The van der Waals surface area contributed by atoms with Crippen molar-refractivity contribution in [3.05, 3.63) is 65.4 Å². The van der Waals surface area contributed by atoms with Crippen LogP contribution in [0.2, 0.25) is 0 Å². The molecule has 0 aliphatic rings. The molecule has 0 spiro atoms. The van der Waals surface area contributed by atoms with Crippen LogP contribution < -0.4 is 4.74 Å². The number of esters is 1. The number of alkyl halides is 3. The van der Waals surface area contributed by atoms with Gasteiger partial charge in [-0.3, -0.25) is 0 Å². The highest BCUT2D eigenvalue weighted by atomic mass is 19.4. The highest BCUT2D eigenvalue weighted by molar-refractivity contribution is 5.99. The van der Waals surface area contributed by atoms with Crippen LogP contribution in [0.15, 0.2) is 48.5 Å². The van der Waals surface area contributed by atoms with E-state index < -0.39 is 17.7 Å². The molecule has 1 heterocycles. The van der Waals surface area contributed by atoms with Crippen LogP contribution in [0.3, 0.4) is 0 Å². The number of hydrogen-bond acceptors (Lipinski definition) is 3. The standard InChI is InChI=1S/C20H18F3NO3/c1-3-26-19(25)16-11-14-15(20(21,22)23)9-10-17(18(14)24(16)2)27-12-13-7-5-4-6-8-13/h4-11H,3,12H2,1-2H3. The third-order valence-corrected chi connectivity index (χ3v) is 4.19. The molecule has 0 fully saturated rings. The topological polar surface area (TPSA) is 40.5 Å². The fraction of sp³-hybridized carbons (Fsp3) is 0.250. The molecule has 3 rings (SSSR count). The lowest BCUT2D eigenvalue weighted by Gasteiger charge is -2.13. The second kappa shape index (κ2) is 7.34. The first-order valence-corrected chi connectivity index (χ1v) is 8.36. The molecule has 142 valence electrons. The van der Waals surface area contributed by atoms with Crippen LogP contribution in [0, 0.1) is 0 Å². The highest BCUT2D eigenvalue weighted by Crippen LogP contribution is 2.40. The van der Waals surface area contributed by atoms with Crippen LogP contribution in [0.25, 0.3) is 10.9 Å². The molecule has 0 unspecified atom stereocenters. The minimum atomic E-state index is -4.55. The molecule has 2 aromatic carbocycles. The lowest BCUT2D eigenvalue weighted by molar-refractivity contribution is -0.136. The third-order valence-electron chi connectivity index (χ3n) is 4.19. The second-order valence-corrected chi connectivity index (χ2v) is 5.95. The second-order valence-electron chi connectivity index (χ2n) is 5.95. The van der Waals surface area contributed by atoms with Crippen molar-refractivity contribution in [2.75, 3.05) is 6.61 Å². The van der Waals surface area contributed by atoms with E-state index in [1.165, 1.54) is 23.7 Å². The van der Waals surface area contributed by atoms with Crippen molar-refractivity contribution in [1.82, 2.24) is 4.57 Å². The molecule has 0 atom stereocenters. The number of aromatic nitrogens is 1. The Bertz CT molecular complexity index is 962. The molecule has 0 saturated heterocycles. The molecule has 4 nitrogen and oxygen atoms in total. The highest BCUT2D eigenvalue weighted by Gasteiger charge is 2.35. The van der Waals surface area contributed by atoms with Crippen molar-refractivity contribution < 1.29 is 27.4 Å². The van der Waals surface area contributed by atoms with Gasteiger partial charge in [-0.1, -0.05) is 30.3 Å². The summed E-state index contributed by atoms with van der Waals surface area (Å²) in [4.78, 5) is 12.1. The molecule has 7 heteroatoms. The van der Waals surface area contributed by atoms with E-state index in [1.807, 2.05) is 30.3 Å². The number of carbonyl (C=O) groups excluding carboxylic acids is 1. The van der Waals surface area contributed by atoms with Crippen LogP contribution >= 0.6 is 0 Å². The molecule has 0 amide bonds. The Morgan fingerprint density at radius 1 is 1.11 bits per heavy atom.